The molecule has 0 spiro atoms. The molecule has 0 fully saturated rings. The topological polar surface area (TPSA) is 89.4 Å². The summed E-state index contributed by atoms with van der Waals surface area (Å²) in [6, 6.07) is 43.7. The molecule has 0 saturated carbocycles. The molecule has 0 unspecified atom stereocenters. The van der Waals surface area contributed by atoms with Crippen LogP contribution in [-0.4, -0.2) is 49.3 Å². The second kappa shape index (κ2) is 15.5. The zero-order valence-corrected chi connectivity index (χ0v) is 27.0. The highest BCUT2D eigenvalue weighted by atomic mass is 16.5. The molecule has 5 aromatic rings. The van der Waals surface area contributed by atoms with E-state index in [9.17, 15) is 4.79 Å². The third kappa shape index (κ3) is 7.59. The number of hydrogen-bond acceptors (Lipinski definition) is 6. The first-order valence-corrected chi connectivity index (χ1v) is 16.3. The van der Waals surface area contributed by atoms with Crippen molar-refractivity contribution in [2.75, 3.05) is 26.9 Å². The van der Waals surface area contributed by atoms with Gasteiger partial charge in [-0.3, -0.25) is 4.79 Å². The fraction of sp³-hybridized carbons (Fsp3) is 0.220. The van der Waals surface area contributed by atoms with Crippen molar-refractivity contribution in [3.8, 4) is 22.6 Å². The molecule has 0 aromatic heterocycles. The summed E-state index contributed by atoms with van der Waals surface area (Å²) in [5.41, 5.74) is 4.59. The first kappa shape index (κ1) is 32.5. The number of rotatable bonds is 14. The van der Waals surface area contributed by atoms with Gasteiger partial charge in [-0.15, -0.1) is 0 Å². The Bertz CT molecular complexity index is 1790. The van der Waals surface area contributed by atoms with Gasteiger partial charge >= 0.3 is 0 Å². The van der Waals surface area contributed by atoms with E-state index in [1.165, 1.54) is 0 Å². The maximum atomic E-state index is 14.6. The van der Waals surface area contributed by atoms with Crippen molar-refractivity contribution < 1.29 is 24.1 Å². The molecular formula is C41H40N2O5. The van der Waals surface area contributed by atoms with Crippen molar-refractivity contribution in [3.63, 3.8) is 0 Å². The van der Waals surface area contributed by atoms with E-state index in [1.807, 2.05) is 109 Å². The molecule has 244 valence electrons. The summed E-state index contributed by atoms with van der Waals surface area (Å²) in [7, 11) is 1.65. The first-order chi connectivity index (χ1) is 23.6. The Morgan fingerprint density at radius 1 is 0.771 bits per heavy atom. The molecule has 0 aliphatic carbocycles. The maximum absolute atomic E-state index is 14.6. The number of hydrogen-bond donors (Lipinski definition) is 2. The fourth-order valence-corrected chi connectivity index (χ4v) is 5.94. The molecule has 48 heavy (non-hydrogen) atoms. The third-order valence-electron chi connectivity index (χ3n) is 8.53. The minimum absolute atomic E-state index is 0.0715. The molecule has 0 bridgehead atoms. The van der Waals surface area contributed by atoms with Gasteiger partial charge in [-0.2, -0.15) is 0 Å². The maximum Gasteiger partial charge on any atom is 0.252 e. The van der Waals surface area contributed by atoms with E-state index in [1.54, 1.807) is 7.11 Å². The Balaban J connectivity index is 1.35. The molecule has 1 amide bonds. The van der Waals surface area contributed by atoms with Gasteiger partial charge < -0.3 is 24.6 Å². The van der Waals surface area contributed by atoms with Gasteiger partial charge in [0.05, 0.1) is 13.7 Å². The Labute approximate surface area is 281 Å². The first-order valence-electron chi connectivity index (χ1n) is 16.3. The standard InChI is InChI=1S/C41H40N2O5/c1-46-36-21-13-30(14-22-36)25-26-42-40(45)41(29-31-9-4-2-5-10-31)38(34-17-15-33(16-18-34)32-11-6-3-7-12-32)48-39(43-41)35-19-23-37(24-20-35)47-28-8-27-44/h2-7,9-24,38,44H,8,25-29H2,1H3,(H,42,45)/t38-,41-/m1/s1. The van der Waals surface area contributed by atoms with Crippen LogP contribution < -0.4 is 14.8 Å². The molecule has 7 heteroatoms. The van der Waals surface area contributed by atoms with Crippen LogP contribution in [0.2, 0.25) is 0 Å². The van der Waals surface area contributed by atoms with E-state index < -0.39 is 11.6 Å². The predicted molar refractivity (Wildman–Crippen MR) is 188 cm³/mol. The monoisotopic (exact) mass is 640 g/mol. The molecule has 2 N–H and O–H groups in total. The van der Waals surface area contributed by atoms with E-state index in [4.69, 9.17) is 24.3 Å². The quantitative estimate of drug-likeness (QED) is 0.128. The Morgan fingerprint density at radius 2 is 1.40 bits per heavy atom. The number of ether oxygens (including phenoxy) is 3. The highest BCUT2D eigenvalue weighted by Gasteiger charge is 2.53. The van der Waals surface area contributed by atoms with Crippen molar-refractivity contribution in [1.82, 2.24) is 5.32 Å². The number of nitrogens with zero attached hydrogens (tertiary/aromatic N) is 1. The van der Waals surface area contributed by atoms with E-state index >= 15 is 0 Å². The van der Waals surface area contributed by atoms with Gasteiger partial charge in [0, 0.05) is 31.6 Å². The number of aliphatic hydroxyl groups is 1. The van der Waals surface area contributed by atoms with Crippen LogP contribution in [0.25, 0.3) is 11.1 Å². The number of nitrogens with one attached hydrogen (secondary N) is 1. The van der Waals surface area contributed by atoms with Crippen molar-refractivity contribution >= 4 is 11.8 Å². The smallest absolute Gasteiger partial charge is 0.252 e. The molecule has 1 aliphatic heterocycles. The normalized spacial score (nSPS) is 16.9. The molecule has 0 radical (unpaired) electrons. The van der Waals surface area contributed by atoms with Gasteiger partial charge in [0.25, 0.3) is 5.91 Å². The molecule has 1 aliphatic rings. The summed E-state index contributed by atoms with van der Waals surface area (Å²) >= 11 is 0. The fourth-order valence-electron chi connectivity index (χ4n) is 5.94. The van der Waals surface area contributed by atoms with Crippen LogP contribution in [-0.2, 0) is 22.4 Å². The lowest BCUT2D eigenvalue weighted by molar-refractivity contribution is -0.128. The third-order valence-corrected chi connectivity index (χ3v) is 8.53. The van der Waals surface area contributed by atoms with E-state index in [0.717, 1.165) is 39.1 Å². The molecule has 5 aromatic carbocycles. The number of carbonyl (C=O) groups is 1. The van der Waals surface area contributed by atoms with Gasteiger partial charge in [0.2, 0.25) is 5.90 Å². The second-order valence-electron chi connectivity index (χ2n) is 11.8. The summed E-state index contributed by atoms with van der Waals surface area (Å²) in [6.45, 7) is 0.930. The van der Waals surface area contributed by atoms with Gasteiger partial charge in [-0.1, -0.05) is 97.1 Å². The minimum Gasteiger partial charge on any atom is -0.497 e. The zero-order chi connectivity index (χ0) is 33.2. The van der Waals surface area contributed by atoms with Gasteiger partial charge in [0.15, 0.2) is 11.6 Å². The highest BCUT2D eigenvalue weighted by molar-refractivity contribution is 6.01. The number of methoxy groups -OCH3 is 1. The largest absolute Gasteiger partial charge is 0.497 e. The van der Waals surface area contributed by atoms with Crippen LogP contribution >= 0.6 is 0 Å². The van der Waals surface area contributed by atoms with Crippen LogP contribution in [0.4, 0.5) is 0 Å². The second-order valence-corrected chi connectivity index (χ2v) is 11.8. The number of benzene rings is 5. The molecule has 2 atom stereocenters. The summed E-state index contributed by atoms with van der Waals surface area (Å²) in [4.78, 5) is 19.7. The SMILES string of the molecule is COc1ccc(CCNC(=O)[C@]2(Cc3ccccc3)N=C(c3ccc(OCCCO)cc3)O[C@@H]2c2ccc(-c3ccccc3)cc2)cc1. The van der Waals surface area contributed by atoms with Gasteiger partial charge in [-0.25, -0.2) is 4.99 Å². The molecular weight excluding hydrogens is 600 g/mol. The van der Waals surface area contributed by atoms with E-state index in [0.29, 0.717) is 44.1 Å². The highest BCUT2D eigenvalue weighted by Crippen LogP contribution is 2.43. The summed E-state index contributed by atoms with van der Waals surface area (Å²) in [6.07, 6.45) is 0.874. The van der Waals surface area contributed by atoms with Crippen LogP contribution in [0.5, 0.6) is 11.5 Å². The van der Waals surface area contributed by atoms with Crippen molar-refractivity contribution in [2.45, 2.75) is 30.9 Å². The van der Waals surface area contributed by atoms with Crippen LogP contribution in [0, 0.1) is 0 Å². The number of amides is 1. The lowest BCUT2D eigenvalue weighted by Crippen LogP contribution is -2.50. The van der Waals surface area contributed by atoms with Gasteiger partial charge in [0.1, 0.15) is 11.5 Å². The van der Waals surface area contributed by atoms with E-state index in [2.05, 4.69) is 29.6 Å². The molecule has 6 rings (SSSR count). The lowest BCUT2D eigenvalue weighted by atomic mass is 9.81. The molecule has 7 nitrogen and oxygen atoms in total. The van der Waals surface area contributed by atoms with Crippen LogP contribution in [0.3, 0.4) is 0 Å². The summed E-state index contributed by atoms with van der Waals surface area (Å²) < 4.78 is 17.8. The zero-order valence-electron chi connectivity index (χ0n) is 27.0. The summed E-state index contributed by atoms with van der Waals surface area (Å²) in [5, 5.41) is 12.3. The number of aliphatic hydroxyl groups excluding tert-OH is 1. The Kier molecular flexibility index (Phi) is 10.5. The Hall–Kier alpha value is -5.40. The average molecular weight is 641 g/mol. The summed E-state index contributed by atoms with van der Waals surface area (Å²) in [5.74, 6) is 1.68. The number of aliphatic imine (C=N–C) groups is 1. The van der Waals surface area contributed by atoms with Crippen LogP contribution in [0.15, 0.2) is 138 Å². The van der Waals surface area contributed by atoms with Crippen molar-refractivity contribution in [3.05, 3.63) is 156 Å². The predicted octanol–water partition coefficient (Wildman–Crippen LogP) is 6.98. The Morgan fingerprint density at radius 3 is 2.06 bits per heavy atom. The number of carbonyl (C=O) groups excluding carboxylic acids is 1. The molecule has 1 heterocycles. The van der Waals surface area contributed by atoms with Gasteiger partial charge in [-0.05, 0) is 70.6 Å². The lowest BCUT2D eigenvalue weighted by Gasteiger charge is -2.31. The van der Waals surface area contributed by atoms with E-state index in [-0.39, 0.29) is 12.5 Å². The molecule has 0 saturated heterocycles. The van der Waals surface area contributed by atoms with Crippen molar-refractivity contribution in [2.24, 2.45) is 4.99 Å². The average Bonchev–Trinajstić information content (AvgIpc) is 3.53. The van der Waals surface area contributed by atoms with Crippen LogP contribution in [0.1, 0.15) is 34.8 Å². The minimum atomic E-state index is -1.28. The van der Waals surface area contributed by atoms with Crippen molar-refractivity contribution in [1.29, 1.82) is 0 Å².